The fourth-order valence-electron chi connectivity index (χ4n) is 5.43. The number of Topliss-reactive ketones (excluding diaryl/α,β-unsaturated/α-hetero) is 1. The maximum Gasteiger partial charge on any atom is 0.161 e. The van der Waals surface area contributed by atoms with E-state index in [1.54, 1.807) is 12.1 Å². The largest absolute Gasteiger partial charge is 0.326 e. The number of benzene rings is 1. The summed E-state index contributed by atoms with van der Waals surface area (Å²) >= 11 is 12.5. The lowest BCUT2D eigenvalue weighted by Crippen LogP contribution is -2.17. The van der Waals surface area contributed by atoms with E-state index in [-0.39, 0.29) is 5.78 Å². The summed E-state index contributed by atoms with van der Waals surface area (Å²) in [6, 6.07) is 7.32. The molecule has 5 nitrogen and oxygen atoms in total. The Labute approximate surface area is 185 Å². The Morgan fingerprint density at radius 3 is 2.70 bits per heavy atom. The normalized spacial score (nSPS) is 22.8. The van der Waals surface area contributed by atoms with Crippen molar-refractivity contribution in [1.29, 1.82) is 0 Å². The molecule has 0 aliphatic heterocycles. The Morgan fingerprint density at radius 2 is 2.00 bits per heavy atom. The van der Waals surface area contributed by atoms with Gasteiger partial charge in [0.05, 0.1) is 6.42 Å². The minimum atomic E-state index is 0.246. The second kappa shape index (κ2) is 7.95. The average molecular weight is 443 g/mol. The number of nitrogens with two attached hydrogens (primary N) is 1. The summed E-state index contributed by atoms with van der Waals surface area (Å²) in [5.41, 5.74) is 9.33. The molecule has 3 atom stereocenters. The van der Waals surface area contributed by atoms with E-state index in [0.717, 1.165) is 28.5 Å². The quantitative estimate of drug-likeness (QED) is 0.575. The first kappa shape index (κ1) is 20.0. The molecule has 5 rings (SSSR count). The monoisotopic (exact) mass is 442 g/mol. The van der Waals surface area contributed by atoms with Crippen molar-refractivity contribution in [1.82, 2.24) is 14.6 Å². The SMILES string of the molecule is NCc1cc2nnc(CC(=O)CC3C[C@@H]4CC[C@H]3C4)n2cc1-c1ccc(Cl)cc1Cl. The lowest BCUT2D eigenvalue weighted by molar-refractivity contribution is -0.119. The molecule has 2 fully saturated rings. The highest BCUT2D eigenvalue weighted by molar-refractivity contribution is 6.36. The standard InChI is InChI=1S/C23H24Cl2N4O/c24-17-3-4-19(21(25)9-17)20-12-29-22(8-16(20)11-26)27-28-23(29)10-18(30)7-15-6-13-1-2-14(15)5-13/h3-4,8-9,12-15H,1-2,5-7,10-11,26H2/t13-,14+,15?/m1/s1. The first-order valence-corrected chi connectivity index (χ1v) is 11.3. The number of pyridine rings is 1. The van der Waals surface area contributed by atoms with Gasteiger partial charge in [-0.1, -0.05) is 35.7 Å². The highest BCUT2D eigenvalue weighted by atomic mass is 35.5. The van der Waals surface area contributed by atoms with E-state index in [9.17, 15) is 4.79 Å². The van der Waals surface area contributed by atoms with Gasteiger partial charge in [-0.2, -0.15) is 0 Å². The molecular formula is C23H24Cl2N4O. The van der Waals surface area contributed by atoms with Crippen LogP contribution in [-0.2, 0) is 17.8 Å². The number of carbonyl (C=O) groups excluding carboxylic acids is 1. The van der Waals surface area contributed by atoms with Gasteiger partial charge in [-0.25, -0.2) is 0 Å². The molecule has 2 aliphatic carbocycles. The van der Waals surface area contributed by atoms with Crippen LogP contribution in [0.5, 0.6) is 0 Å². The number of ketones is 1. The molecule has 0 amide bonds. The van der Waals surface area contributed by atoms with Crippen LogP contribution >= 0.6 is 23.2 Å². The maximum absolute atomic E-state index is 12.8. The van der Waals surface area contributed by atoms with Crippen LogP contribution < -0.4 is 5.73 Å². The Kier molecular flexibility index (Phi) is 5.30. The van der Waals surface area contributed by atoms with Gasteiger partial charge in [0.1, 0.15) is 11.6 Å². The van der Waals surface area contributed by atoms with Gasteiger partial charge in [-0.15, -0.1) is 10.2 Å². The predicted molar refractivity (Wildman–Crippen MR) is 119 cm³/mol. The number of rotatable bonds is 6. The zero-order valence-electron chi connectivity index (χ0n) is 16.7. The summed E-state index contributed by atoms with van der Waals surface area (Å²) in [6.45, 7) is 0.343. The summed E-state index contributed by atoms with van der Waals surface area (Å²) < 4.78 is 1.89. The van der Waals surface area contributed by atoms with E-state index in [0.29, 0.717) is 46.8 Å². The minimum Gasteiger partial charge on any atom is -0.326 e. The molecule has 1 unspecified atom stereocenters. The van der Waals surface area contributed by atoms with Crippen molar-refractivity contribution in [2.75, 3.05) is 0 Å². The molecule has 2 heterocycles. The van der Waals surface area contributed by atoms with Gasteiger partial charge in [0.25, 0.3) is 0 Å². The summed E-state index contributed by atoms with van der Waals surface area (Å²) in [5, 5.41) is 9.71. The average Bonchev–Trinajstić information content (AvgIpc) is 3.43. The number of halogens is 2. The molecule has 2 N–H and O–H groups in total. The molecule has 0 saturated heterocycles. The van der Waals surface area contributed by atoms with Crippen LogP contribution in [-0.4, -0.2) is 20.4 Å². The molecule has 7 heteroatoms. The van der Waals surface area contributed by atoms with Gasteiger partial charge in [0.2, 0.25) is 0 Å². The summed E-state index contributed by atoms with van der Waals surface area (Å²) in [7, 11) is 0. The Balaban J connectivity index is 1.44. The van der Waals surface area contributed by atoms with Gasteiger partial charge >= 0.3 is 0 Å². The molecule has 156 valence electrons. The number of carbonyl (C=O) groups is 1. The Morgan fingerprint density at radius 1 is 1.13 bits per heavy atom. The van der Waals surface area contributed by atoms with Crippen LogP contribution in [0.15, 0.2) is 30.5 Å². The van der Waals surface area contributed by atoms with Crippen LogP contribution in [0.1, 0.15) is 43.5 Å². The van der Waals surface area contributed by atoms with Crippen LogP contribution in [0.4, 0.5) is 0 Å². The number of nitrogens with zero attached hydrogens (tertiary/aromatic N) is 3. The van der Waals surface area contributed by atoms with Crippen LogP contribution in [0.3, 0.4) is 0 Å². The summed E-state index contributed by atoms with van der Waals surface area (Å²) in [6.07, 6.45) is 8.08. The molecule has 3 aromatic rings. The highest BCUT2D eigenvalue weighted by Crippen LogP contribution is 2.49. The van der Waals surface area contributed by atoms with Crippen molar-refractivity contribution in [3.8, 4) is 11.1 Å². The molecule has 2 saturated carbocycles. The van der Waals surface area contributed by atoms with Gasteiger partial charge in [0.15, 0.2) is 5.65 Å². The number of aromatic nitrogens is 3. The van der Waals surface area contributed by atoms with Crippen molar-refractivity contribution in [3.63, 3.8) is 0 Å². The van der Waals surface area contributed by atoms with E-state index in [2.05, 4.69) is 10.2 Å². The van der Waals surface area contributed by atoms with Crippen LogP contribution in [0.25, 0.3) is 16.8 Å². The van der Waals surface area contributed by atoms with Crippen molar-refractivity contribution in [3.05, 3.63) is 51.9 Å². The lowest BCUT2D eigenvalue weighted by Gasteiger charge is -2.20. The number of fused-ring (bicyclic) bond motifs is 3. The first-order chi connectivity index (χ1) is 14.5. The third-order valence-electron chi connectivity index (χ3n) is 6.87. The van der Waals surface area contributed by atoms with E-state index >= 15 is 0 Å². The molecule has 2 aromatic heterocycles. The topological polar surface area (TPSA) is 73.3 Å². The highest BCUT2D eigenvalue weighted by Gasteiger charge is 2.40. The summed E-state index contributed by atoms with van der Waals surface area (Å²) in [4.78, 5) is 12.8. The van der Waals surface area contributed by atoms with Crippen LogP contribution in [0, 0.1) is 17.8 Å². The summed E-state index contributed by atoms with van der Waals surface area (Å²) in [5.74, 6) is 3.06. The lowest BCUT2D eigenvalue weighted by atomic mass is 9.85. The predicted octanol–water partition coefficient (Wildman–Crippen LogP) is 5.10. The molecule has 30 heavy (non-hydrogen) atoms. The maximum atomic E-state index is 12.8. The smallest absolute Gasteiger partial charge is 0.161 e. The number of hydrogen-bond donors (Lipinski definition) is 1. The van der Waals surface area contributed by atoms with Gasteiger partial charge < -0.3 is 5.73 Å². The zero-order valence-corrected chi connectivity index (χ0v) is 18.2. The first-order valence-electron chi connectivity index (χ1n) is 10.6. The fraction of sp³-hybridized carbons (Fsp3) is 0.435. The number of hydrogen-bond acceptors (Lipinski definition) is 4. The molecule has 0 spiro atoms. The van der Waals surface area contributed by atoms with Crippen molar-refractivity contribution < 1.29 is 4.79 Å². The van der Waals surface area contributed by atoms with E-state index in [1.807, 2.05) is 22.7 Å². The van der Waals surface area contributed by atoms with Crippen molar-refractivity contribution in [2.24, 2.45) is 23.5 Å². The van der Waals surface area contributed by atoms with E-state index in [1.165, 1.54) is 25.7 Å². The van der Waals surface area contributed by atoms with E-state index in [4.69, 9.17) is 28.9 Å². The van der Waals surface area contributed by atoms with Crippen LogP contribution in [0.2, 0.25) is 10.0 Å². The third kappa shape index (κ3) is 3.64. The van der Waals surface area contributed by atoms with Crippen molar-refractivity contribution in [2.45, 2.75) is 45.1 Å². The molecule has 0 radical (unpaired) electrons. The molecule has 2 aliphatic rings. The molecular weight excluding hydrogens is 419 g/mol. The Hall–Kier alpha value is -1.95. The second-order valence-electron chi connectivity index (χ2n) is 8.74. The molecule has 2 bridgehead atoms. The zero-order chi connectivity index (χ0) is 20.8. The molecule has 1 aromatic carbocycles. The Bertz CT molecular complexity index is 1130. The van der Waals surface area contributed by atoms with Gasteiger partial charge in [-0.3, -0.25) is 9.20 Å². The fourth-order valence-corrected chi connectivity index (χ4v) is 5.94. The van der Waals surface area contributed by atoms with Crippen molar-refractivity contribution >= 4 is 34.6 Å². The second-order valence-corrected chi connectivity index (χ2v) is 9.58. The van der Waals surface area contributed by atoms with Gasteiger partial charge in [-0.05, 0) is 60.8 Å². The third-order valence-corrected chi connectivity index (χ3v) is 7.42. The van der Waals surface area contributed by atoms with E-state index < -0.39 is 0 Å². The minimum absolute atomic E-state index is 0.246. The van der Waals surface area contributed by atoms with Gasteiger partial charge in [0, 0.05) is 40.3 Å².